The van der Waals surface area contributed by atoms with E-state index in [-0.39, 0.29) is 42.3 Å². The van der Waals surface area contributed by atoms with Crippen molar-refractivity contribution in [1.29, 1.82) is 0 Å². The van der Waals surface area contributed by atoms with Crippen molar-refractivity contribution in [3.8, 4) is 5.75 Å². The molecule has 12 nitrogen and oxygen atoms in total. The van der Waals surface area contributed by atoms with Crippen molar-refractivity contribution in [2.45, 2.75) is 94.8 Å². The quantitative estimate of drug-likeness (QED) is 0.238. The van der Waals surface area contributed by atoms with E-state index in [1.54, 1.807) is 4.90 Å². The van der Waals surface area contributed by atoms with Gasteiger partial charge in [-0.25, -0.2) is 18.7 Å². The number of fused-ring (bicyclic) bond motifs is 7. The summed E-state index contributed by atoms with van der Waals surface area (Å²) in [4.78, 5) is 59.4. The summed E-state index contributed by atoms with van der Waals surface area (Å²) in [5.41, 5.74) is 6.65. The molecule has 3 saturated heterocycles. The first kappa shape index (κ1) is 37.3. The maximum Gasteiger partial charge on any atom is 0.255 e. The van der Waals surface area contributed by atoms with Crippen molar-refractivity contribution < 1.29 is 27.9 Å². The summed E-state index contributed by atoms with van der Waals surface area (Å²) in [7, 11) is 0. The molecule has 3 fully saturated rings. The normalized spacial score (nSPS) is 25.2. The van der Waals surface area contributed by atoms with Gasteiger partial charge in [0.2, 0.25) is 17.8 Å². The Kier molecular flexibility index (Phi) is 9.46. The smallest absolute Gasteiger partial charge is 0.255 e. The molecule has 2 N–H and O–H groups in total. The Bertz CT molecular complexity index is 2250. The number of likely N-dealkylation sites (tertiary alicyclic amines) is 1. The van der Waals surface area contributed by atoms with Gasteiger partial charge in [0.15, 0.2) is 0 Å². The minimum absolute atomic E-state index is 0.000850. The summed E-state index contributed by atoms with van der Waals surface area (Å²) < 4.78 is 34.1. The third-order valence-electron chi connectivity index (χ3n) is 14.1. The Morgan fingerprint density at radius 2 is 1.72 bits per heavy atom. The van der Waals surface area contributed by atoms with E-state index in [0.717, 1.165) is 98.3 Å². The van der Waals surface area contributed by atoms with Gasteiger partial charge in [0.1, 0.15) is 11.8 Å². The second-order valence-corrected chi connectivity index (χ2v) is 17.4. The number of nitrogens with one attached hydrogen (secondary N) is 2. The number of aromatic amines is 1. The molecule has 14 heteroatoms. The van der Waals surface area contributed by atoms with Crippen molar-refractivity contribution in [3.63, 3.8) is 0 Å². The number of benzene rings is 2. The Hall–Kier alpha value is -4.95. The summed E-state index contributed by atoms with van der Waals surface area (Å²) in [5, 5.41) is 3.54. The van der Waals surface area contributed by atoms with Crippen LogP contribution in [-0.4, -0.2) is 112 Å². The SMILES string of the molecule is C[C@@H]1Cc2c([nH]c3ccccc23)[C@@H](c2cnc(N3CCC(CN4CCC5(CCOc6c5ccc5c6CN(C6CCC(=O)NC6=O)C5=O)CC4)CC3)nc2)N1CC(F)F. The summed E-state index contributed by atoms with van der Waals surface area (Å²) in [6, 6.07) is 11.1. The monoisotopic (exact) mass is 792 g/mol. The second kappa shape index (κ2) is 14.7. The number of para-hydroxylation sites is 1. The average molecular weight is 793 g/mol. The molecule has 304 valence electrons. The number of hydrogen-bond acceptors (Lipinski definition) is 9. The lowest BCUT2D eigenvalue weighted by Crippen LogP contribution is -2.52. The molecule has 1 spiro atoms. The fourth-order valence-electron chi connectivity index (χ4n) is 11.0. The highest BCUT2D eigenvalue weighted by atomic mass is 19.3. The molecule has 3 atom stereocenters. The highest BCUT2D eigenvalue weighted by Crippen LogP contribution is 2.50. The summed E-state index contributed by atoms with van der Waals surface area (Å²) in [6.45, 7) is 7.45. The van der Waals surface area contributed by atoms with Crippen LogP contribution in [0.3, 0.4) is 0 Å². The molecular weight excluding hydrogens is 743 g/mol. The molecule has 0 saturated carbocycles. The molecule has 6 aliphatic rings. The molecule has 4 aromatic rings. The number of carbonyl (C=O) groups is 3. The Morgan fingerprint density at radius 1 is 0.948 bits per heavy atom. The zero-order chi connectivity index (χ0) is 39.7. The second-order valence-electron chi connectivity index (χ2n) is 17.4. The number of rotatable bonds is 7. The molecule has 10 rings (SSSR count). The van der Waals surface area contributed by atoms with Crippen LogP contribution in [0.5, 0.6) is 5.75 Å². The van der Waals surface area contributed by atoms with Crippen LogP contribution >= 0.6 is 0 Å². The number of halogens is 2. The van der Waals surface area contributed by atoms with Gasteiger partial charge in [0, 0.05) is 88.8 Å². The topological polar surface area (TPSA) is 127 Å². The molecular formula is C44H50F2N8O4. The molecule has 8 heterocycles. The zero-order valence-corrected chi connectivity index (χ0v) is 32.9. The lowest BCUT2D eigenvalue weighted by atomic mass is 9.68. The van der Waals surface area contributed by atoms with Gasteiger partial charge in [-0.2, -0.15) is 0 Å². The van der Waals surface area contributed by atoms with Gasteiger partial charge < -0.3 is 24.4 Å². The lowest BCUT2D eigenvalue weighted by Gasteiger charge is -2.46. The molecule has 6 aliphatic heterocycles. The third-order valence-corrected chi connectivity index (χ3v) is 14.1. The van der Waals surface area contributed by atoms with E-state index in [0.29, 0.717) is 43.4 Å². The van der Waals surface area contributed by atoms with Gasteiger partial charge in [0.05, 0.1) is 25.7 Å². The molecule has 0 bridgehead atoms. The average Bonchev–Trinajstić information content (AvgIpc) is 3.76. The molecule has 3 amide bonds. The van der Waals surface area contributed by atoms with E-state index in [9.17, 15) is 23.2 Å². The van der Waals surface area contributed by atoms with Gasteiger partial charge >= 0.3 is 0 Å². The van der Waals surface area contributed by atoms with Crippen LogP contribution in [0.15, 0.2) is 48.8 Å². The van der Waals surface area contributed by atoms with Crippen molar-refractivity contribution in [2.24, 2.45) is 5.92 Å². The van der Waals surface area contributed by atoms with Gasteiger partial charge in [0.25, 0.3) is 12.3 Å². The van der Waals surface area contributed by atoms with E-state index >= 15 is 0 Å². The molecule has 1 unspecified atom stereocenters. The van der Waals surface area contributed by atoms with Gasteiger partial charge in [-0.1, -0.05) is 24.3 Å². The zero-order valence-electron chi connectivity index (χ0n) is 32.9. The minimum atomic E-state index is -2.45. The Labute approximate surface area is 336 Å². The number of H-pyrrole nitrogens is 1. The first-order chi connectivity index (χ1) is 28.2. The minimum Gasteiger partial charge on any atom is -0.493 e. The number of anilines is 1. The number of carbonyl (C=O) groups excluding carboxylic acids is 3. The maximum absolute atomic E-state index is 13.9. The fourth-order valence-corrected chi connectivity index (χ4v) is 11.0. The predicted octanol–water partition coefficient (Wildman–Crippen LogP) is 5.35. The third kappa shape index (κ3) is 6.43. The van der Waals surface area contributed by atoms with E-state index in [1.807, 2.05) is 48.5 Å². The molecule has 58 heavy (non-hydrogen) atoms. The molecule has 0 aliphatic carbocycles. The first-order valence-corrected chi connectivity index (χ1v) is 21.0. The number of aromatic nitrogens is 3. The van der Waals surface area contributed by atoms with Crippen LogP contribution in [0.2, 0.25) is 0 Å². The number of nitrogens with zero attached hydrogens (tertiary/aromatic N) is 6. The standard InChI is InChI=1S/C44H50F2N8O4/c1-26-20-31-29-4-2-3-5-34(29)49-38(31)39(53(26)25-36(45)46)28-21-47-43(48-22-28)52-15-10-27(11-16-52)23-51-17-12-44(13-18-51)14-19-58-40-32-24-54(35-8-9-37(55)50-41(35)56)42(57)30(32)6-7-33(40)44/h2-7,21-22,26-27,35-36,39,49H,8-20,23-25H2,1H3,(H,50,55,56)/t26-,35?,39-/m1/s1. The van der Waals surface area contributed by atoms with Crippen molar-refractivity contribution >= 4 is 34.6 Å². The largest absolute Gasteiger partial charge is 0.493 e. The number of imide groups is 1. The number of piperidine rings is 3. The predicted molar refractivity (Wildman–Crippen MR) is 213 cm³/mol. The van der Waals surface area contributed by atoms with E-state index < -0.39 is 18.4 Å². The highest BCUT2D eigenvalue weighted by Gasteiger charge is 2.46. The van der Waals surface area contributed by atoms with Crippen LogP contribution in [-0.2, 0) is 28.0 Å². The van der Waals surface area contributed by atoms with Crippen LogP contribution in [0.25, 0.3) is 10.9 Å². The van der Waals surface area contributed by atoms with Crippen molar-refractivity contribution in [3.05, 3.63) is 82.3 Å². The number of alkyl halides is 2. The van der Waals surface area contributed by atoms with Crippen molar-refractivity contribution in [2.75, 3.05) is 50.8 Å². The fraction of sp³-hybridized carbons (Fsp3) is 0.523. The first-order valence-electron chi connectivity index (χ1n) is 21.0. The summed E-state index contributed by atoms with van der Waals surface area (Å²) >= 11 is 0. The Morgan fingerprint density at radius 3 is 2.48 bits per heavy atom. The number of amides is 3. The van der Waals surface area contributed by atoms with Crippen LogP contribution in [0.4, 0.5) is 14.7 Å². The summed E-state index contributed by atoms with van der Waals surface area (Å²) in [5.74, 6) is 1.23. The van der Waals surface area contributed by atoms with Crippen molar-refractivity contribution in [1.82, 2.24) is 35.0 Å². The molecule has 2 aromatic heterocycles. The van der Waals surface area contributed by atoms with Gasteiger partial charge in [-0.05, 0) is 88.6 Å². The van der Waals surface area contributed by atoms with Gasteiger partial charge in [-0.3, -0.25) is 24.6 Å². The van der Waals surface area contributed by atoms with Crippen LogP contribution in [0.1, 0.15) is 96.2 Å². The number of ether oxygens (including phenoxy) is 1. The van der Waals surface area contributed by atoms with E-state index in [4.69, 9.17) is 14.7 Å². The maximum atomic E-state index is 13.9. The van der Waals surface area contributed by atoms with Crippen LogP contribution < -0.4 is 15.0 Å². The highest BCUT2D eigenvalue weighted by molar-refractivity contribution is 6.05. The van der Waals surface area contributed by atoms with E-state index in [2.05, 4.69) is 32.2 Å². The Balaban J connectivity index is 0.767. The van der Waals surface area contributed by atoms with Crippen LogP contribution in [0, 0.1) is 5.92 Å². The van der Waals surface area contributed by atoms with E-state index in [1.165, 1.54) is 11.1 Å². The number of hydrogen-bond donors (Lipinski definition) is 2. The molecule has 0 radical (unpaired) electrons. The lowest BCUT2D eigenvalue weighted by molar-refractivity contribution is -0.136. The molecule has 2 aromatic carbocycles. The summed E-state index contributed by atoms with van der Waals surface area (Å²) in [6.07, 6.45) is 7.60. The van der Waals surface area contributed by atoms with Gasteiger partial charge in [-0.15, -0.1) is 0 Å².